The van der Waals surface area contributed by atoms with Crippen LogP contribution in [-0.2, 0) is 11.3 Å². The molecule has 1 aliphatic heterocycles. The number of fused-ring (bicyclic) bond motifs is 1. The number of rotatable bonds is 3. The molecule has 0 bridgehead atoms. The van der Waals surface area contributed by atoms with Crippen molar-refractivity contribution in [1.82, 2.24) is 9.47 Å². The zero-order chi connectivity index (χ0) is 14.8. The number of likely N-dealkylation sites (tertiary alicyclic amines) is 1. The van der Waals surface area contributed by atoms with Gasteiger partial charge in [0.25, 0.3) is 0 Å². The van der Waals surface area contributed by atoms with Crippen molar-refractivity contribution in [2.45, 2.75) is 19.4 Å². The Morgan fingerprint density at radius 1 is 1.29 bits per heavy atom. The molecule has 2 heterocycles. The maximum Gasteiger partial charge on any atom is 0.242 e. The van der Waals surface area contributed by atoms with Crippen LogP contribution in [0.25, 0.3) is 10.9 Å². The van der Waals surface area contributed by atoms with E-state index in [0.717, 1.165) is 36.8 Å². The Labute approximate surface area is 128 Å². The number of benzene rings is 1. The van der Waals surface area contributed by atoms with Gasteiger partial charge in [0.1, 0.15) is 6.54 Å². The molecule has 1 saturated heterocycles. The molecule has 0 radical (unpaired) electrons. The van der Waals surface area contributed by atoms with Crippen molar-refractivity contribution >= 4 is 28.4 Å². The highest BCUT2D eigenvalue weighted by Crippen LogP contribution is 2.21. The Bertz CT molecular complexity index is 645. The maximum absolute atomic E-state index is 12.4. The minimum atomic E-state index is 0.129. The summed E-state index contributed by atoms with van der Waals surface area (Å²) in [6.45, 7) is 2.05. The summed E-state index contributed by atoms with van der Waals surface area (Å²) >= 11 is 6.03. The third-order valence-corrected chi connectivity index (χ3v) is 4.50. The molecule has 5 heteroatoms. The van der Waals surface area contributed by atoms with Gasteiger partial charge in [-0.3, -0.25) is 4.79 Å². The molecule has 0 aliphatic carbocycles. The molecule has 1 amide bonds. The number of hydrogen-bond donors (Lipinski definition) is 1. The first-order valence-corrected chi connectivity index (χ1v) is 7.68. The molecule has 0 spiro atoms. The lowest BCUT2D eigenvalue weighted by Crippen LogP contribution is -2.40. The van der Waals surface area contributed by atoms with E-state index < -0.39 is 0 Å². The van der Waals surface area contributed by atoms with Gasteiger partial charge >= 0.3 is 0 Å². The number of piperidine rings is 1. The molecule has 3 rings (SSSR count). The Hall–Kier alpha value is -1.52. The van der Waals surface area contributed by atoms with Crippen molar-refractivity contribution in [3.63, 3.8) is 0 Å². The number of hydrogen-bond acceptors (Lipinski definition) is 2. The zero-order valence-corrected chi connectivity index (χ0v) is 12.6. The van der Waals surface area contributed by atoms with Gasteiger partial charge in [-0.15, -0.1) is 0 Å². The highest BCUT2D eigenvalue weighted by molar-refractivity contribution is 6.31. The summed E-state index contributed by atoms with van der Waals surface area (Å²) in [6, 6.07) is 7.71. The Kier molecular flexibility index (Phi) is 4.17. The van der Waals surface area contributed by atoms with Gasteiger partial charge in [-0.1, -0.05) is 17.7 Å². The van der Waals surface area contributed by atoms with E-state index in [0.29, 0.717) is 17.5 Å². The number of aliphatic hydroxyl groups is 1. The van der Waals surface area contributed by atoms with E-state index in [-0.39, 0.29) is 12.5 Å². The highest BCUT2D eigenvalue weighted by atomic mass is 35.5. The first kappa shape index (κ1) is 14.4. The van der Waals surface area contributed by atoms with Gasteiger partial charge in [-0.25, -0.2) is 0 Å². The Morgan fingerprint density at radius 2 is 2.05 bits per heavy atom. The van der Waals surface area contributed by atoms with Crippen LogP contribution < -0.4 is 0 Å². The predicted octanol–water partition coefficient (Wildman–Crippen LogP) is 2.53. The predicted molar refractivity (Wildman–Crippen MR) is 83.3 cm³/mol. The molecule has 1 fully saturated rings. The minimum Gasteiger partial charge on any atom is -0.396 e. The van der Waals surface area contributed by atoms with Gasteiger partial charge in [0.15, 0.2) is 0 Å². The van der Waals surface area contributed by atoms with E-state index in [1.54, 1.807) is 0 Å². The van der Waals surface area contributed by atoms with Gasteiger partial charge < -0.3 is 14.6 Å². The van der Waals surface area contributed by atoms with E-state index >= 15 is 0 Å². The molecule has 4 nitrogen and oxygen atoms in total. The van der Waals surface area contributed by atoms with Crippen molar-refractivity contribution < 1.29 is 9.90 Å². The Balaban J connectivity index is 1.70. The fourth-order valence-electron chi connectivity index (χ4n) is 2.91. The van der Waals surface area contributed by atoms with Crippen LogP contribution >= 0.6 is 11.6 Å². The molecule has 0 saturated carbocycles. The normalized spacial score (nSPS) is 16.6. The number of carbonyl (C=O) groups is 1. The van der Waals surface area contributed by atoms with E-state index in [1.165, 1.54) is 0 Å². The van der Waals surface area contributed by atoms with Crippen LogP contribution in [0, 0.1) is 5.92 Å². The maximum atomic E-state index is 12.4. The first-order valence-electron chi connectivity index (χ1n) is 7.30. The molecule has 2 aromatic rings. The third-order valence-electron chi connectivity index (χ3n) is 4.27. The summed E-state index contributed by atoms with van der Waals surface area (Å²) in [7, 11) is 0. The molecule has 1 aromatic carbocycles. The fraction of sp³-hybridized carbons (Fsp3) is 0.438. The van der Waals surface area contributed by atoms with E-state index in [1.807, 2.05) is 39.9 Å². The van der Waals surface area contributed by atoms with Crippen LogP contribution in [0.3, 0.4) is 0 Å². The largest absolute Gasteiger partial charge is 0.396 e. The molecule has 21 heavy (non-hydrogen) atoms. The van der Waals surface area contributed by atoms with Gasteiger partial charge in [0, 0.05) is 36.4 Å². The second kappa shape index (κ2) is 6.08. The number of amides is 1. The van der Waals surface area contributed by atoms with Crippen LogP contribution in [0.15, 0.2) is 30.5 Å². The third kappa shape index (κ3) is 3.06. The molecular weight excluding hydrogens is 288 g/mol. The fourth-order valence-corrected chi connectivity index (χ4v) is 3.07. The number of carbonyl (C=O) groups excluding carboxylic acids is 1. The van der Waals surface area contributed by atoms with Gasteiger partial charge in [-0.05, 0) is 42.3 Å². The van der Waals surface area contributed by atoms with Crippen LogP contribution in [0.5, 0.6) is 0 Å². The average molecular weight is 307 g/mol. The second-order valence-corrected chi connectivity index (χ2v) is 6.09. The van der Waals surface area contributed by atoms with Crippen LogP contribution in [-0.4, -0.2) is 40.2 Å². The molecular formula is C16H19ClN2O2. The van der Waals surface area contributed by atoms with Crippen molar-refractivity contribution in [2.75, 3.05) is 19.7 Å². The summed E-state index contributed by atoms with van der Waals surface area (Å²) in [5.74, 6) is 0.476. The van der Waals surface area contributed by atoms with Crippen molar-refractivity contribution in [3.8, 4) is 0 Å². The van der Waals surface area contributed by atoms with E-state index in [4.69, 9.17) is 16.7 Å². The highest BCUT2D eigenvalue weighted by Gasteiger charge is 2.22. The van der Waals surface area contributed by atoms with Crippen LogP contribution in [0.2, 0.25) is 5.02 Å². The smallest absolute Gasteiger partial charge is 0.242 e. The summed E-state index contributed by atoms with van der Waals surface area (Å²) < 4.78 is 1.95. The van der Waals surface area contributed by atoms with Crippen molar-refractivity contribution in [1.29, 1.82) is 0 Å². The van der Waals surface area contributed by atoms with Crippen LogP contribution in [0.1, 0.15) is 12.8 Å². The van der Waals surface area contributed by atoms with Gasteiger partial charge in [0.2, 0.25) is 5.91 Å². The lowest BCUT2D eigenvalue weighted by molar-refractivity contribution is -0.133. The molecule has 0 unspecified atom stereocenters. The second-order valence-electron chi connectivity index (χ2n) is 5.65. The van der Waals surface area contributed by atoms with Crippen LogP contribution in [0.4, 0.5) is 0 Å². The summed E-state index contributed by atoms with van der Waals surface area (Å²) in [5, 5.41) is 10.9. The zero-order valence-electron chi connectivity index (χ0n) is 11.8. The monoisotopic (exact) mass is 306 g/mol. The number of halogens is 1. The summed E-state index contributed by atoms with van der Waals surface area (Å²) in [5.41, 5.74) is 0.987. The number of aliphatic hydroxyl groups excluding tert-OH is 1. The van der Waals surface area contributed by atoms with Crippen molar-refractivity contribution in [3.05, 3.63) is 35.5 Å². The molecule has 1 aromatic heterocycles. The quantitative estimate of drug-likeness (QED) is 0.947. The summed E-state index contributed by atoms with van der Waals surface area (Å²) in [4.78, 5) is 14.3. The summed E-state index contributed by atoms with van der Waals surface area (Å²) in [6.07, 6.45) is 3.71. The standard InChI is InChI=1S/C16H19ClN2O2/c17-14-2-1-13-5-8-19(15(13)9-14)10-16(21)18-6-3-12(11-20)4-7-18/h1-2,5,8-9,12,20H,3-4,6-7,10-11H2. The number of aromatic nitrogens is 1. The molecule has 112 valence electrons. The molecule has 1 aliphatic rings. The number of nitrogens with zero attached hydrogens (tertiary/aromatic N) is 2. The van der Waals surface area contributed by atoms with Gasteiger partial charge in [0.05, 0.1) is 0 Å². The van der Waals surface area contributed by atoms with E-state index in [2.05, 4.69) is 0 Å². The molecule has 0 atom stereocenters. The average Bonchev–Trinajstić information content (AvgIpc) is 2.89. The van der Waals surface area contributed by atoms with Crippen molar-refractivity contribution in [2.24, 2.45) is 5.92 Å². The topological polar surface area (TPSA) is 45.5 Å². The van der Waals surface area contributed by atoms with E-state index in [9.17, 15) is 4.79 Å². The lowest BCUT2D eigenvalue weighted by Gasteiger charge is -2.31. The molecule has 1 N–H and O–H groups in total. The first-order chi connectivity index (χ1) is 10.2. The Morgan fingerprint density at radius 3 is 2.76 bits per heavy atom. The lowest BCUT2D eigenvalue weighted by atomic mass is 9.98. The SMILES string of the molecule is O=C(Cn1ccc2ccc(Cl)cc21)N1CCC(CO)CC1. The van der Waals surface area contributed by atoms with Gasteiger partial charge in [-0.2, -0.15) is 0 Å². The minimum absolute atomic E-state index is 0.129.